The lowest BCUT2D eigenvalue weighted by molar-refractivity contribution is -0.117. The maximum absolute atomic E-state index is 12.5. The number of aromatic nitrogens is 1. The van der Waals surface area contributed by atoms with Gasteiger partial charge in [0.05, 0.1) is 12.2 Å². The first-order chi connectivity index (χ1) is 15.0. The molecule has 1 amide bonds. The number of hydrogen-bond acceptors (Lipinski definition) is 5. The lowest BCUT2D eigenvalue weighted by atomic mass is 10.1. The third kappa shape index (κ3) is 5.84. The fourth-order valence-electron chi connectivity index (χ4n) is 3.56. The van der Waals surface area contributed by atoms with Gasteiger partial charge in [-0.15, -0.1) is 11.3 Å². The largest absolute Gasteiger partial charge is 0.301 e. The van der Waals surface area contributed by atoms with Gasteiger partial charge < -0.3 is 5.32 Å². The van der Waals surface area contributed by atoms with E-state index < -0.39 is 0 Å². The summed E-state index contributed by atoms with van der Waals surface area (Å²) in [6.45, 7) is 6.51. The number of nitrogens with one attached hydrogen (secondary N) is 1. The Kier molecular flexibility index (Phi) is 7.25. The number of carbonyl (C=O) groups is 1. The number of halogens is 2. The van der Waals surface area contributed by atoms with E-state index in [2.05, 4.69) is 39.2 Å². The second-order valence-corrected chi connectivity index (χ2v) is 9.38. The number of aryl methyl sites for hydroxylation is 1. The molecule has 2 aromatic carbocycles. The Morgan fingerprint density at radius 3 is 2.35 bits per heavy atom. The van der Waals surface area contributed by atoms with Crippen LogP contribution in [0.3, 0.4) is 0 Å². The molecule has 0 bridgehead atoms. The molecular weight excluding hydrogens is 451 g/mol. The van der Waals surface area contributed by atoms with E-state index in [0.717, 1.165) is 49.5 Å². The van der Waals surface area contributed by atoms with E-state index >= 15 is 0 Å². The monoisotopic (exact) mass is 474 g/mol. The van der Waals surface area contributed by atoms with E-state index in [1.165, 1.54) is 16.9 Å². The first-order valence-corrected chi connectivity index (χ1v) is 11.8. The first-order valence-electron chi connectivity index (χ1n) is 10.2. The molecule has 31 heavy (non-hydrogen) atoms. The number of benzene rings is 2. The number of rotatable bonds is 6. The molecular formula is C23H24Cl2N4OS. The van der Waals surface area contributed by atoms with Crippen molar-refractivity contribution < 1.29 is 4.79 Å². The van der Waals surface area contributed by atoms with Gasteiger partial charge in [-0.2, -0.15) is 0 Å². The van der Waals surface area contributed by atoms with Gasteiger partial charge in [0.2, 0.25) is 5.91 Å². The van der Waals surface area contributed by atoms with Crippen molar-refractivity contribution in [2.24, 2.45) is 0 Å². The molecule has 162 valence electrons. The van der Waals surface area contributed by atoms with Crippen molar-refractivity contribution in [2.75, 3.05) is 38.0 Å². The molecule has 5 nitrogen and oxygen atoms in total. The summed E-state index contributed by atoms with van der Waals surface area (Å²) in [7, 11) is 0. The molecule has 1 aliphatic rings. The van der Waals surface area contributed by atoms with Gasteiger partial charge in [0, 0.05) is 59.3 Å². The van der Waals surface area contributed by atoms with Crippen molar-refractivity contribution in [1.82, 2.24) is 14.8 Å². The van der Waals surface area contributed by atoms with E-state index in [0.29, 0.717) is 21.7 Å². The highest BCUT2D eigenvalue weighted by atomic mass is 35.5. The van der Waals surface area contributed by atoms with Gasteiger partial charge in [0.15, 0.2) is 5.13 Å². The minimum absolute atomic E-state index is 0.0348. The SMILES string of the molecule is Cc1ccc(-c2csc(NC(=O)CN3CCN(Cc4c(Cl)cccc4Cl)CC3)n2)cc1. The minimum Gasteiger partial charge on any atom is -0.301 e. The topological polar surface area (TPSA) is 48.5 Å². The molecule has 0 atom stereocenters. The number of thiazole rings is 1. The quantitative estimate of drug-likeness (QED) is 0.534. The highest BCUT2D eigenvalue weighted by Crippen LogP contribution is 2.27. The zero-order chi connectivity index (χ0) is 21.8. The summed E-state index contributed by atoms with van der Waals surface area (Å²) in [5.41, 5.74) is 4.11. The van der Waals surface area contributed by atoms with E-state index in [4.69, 9.17) is 23.2 Å². The Hall–Kier alpha value is -1.96. The lowest BCUT2D eigenvalue weighted by Crippen LogP contribution is -2.48. The predicted octanol–water partition coefficient (Wildman–Crippen LogP) is 5.18. The van der Waals surface area contributed by atoms with Crippen molar-refractivity contribution >= 4 is 45.6 Å². The second kappa shape index (κ2) is 10.1. The Bertz CT molecular complexity index is 1030. The number of hydrogen-bond donors (Lipinski definition) is 1. The summed E-state index contributed by atoms with van der Waals surface area (Å²) in [6, 6.07) is 13.8. The molecule has 0 saturated carbocycles. The average Bonchev–Trinajstić information content (AvgIpc) is 3.21. The van der Waals surface area contributed by atoms with Crippen LogP contribution in [0.1, 0.15) is 11.1 Å². The average molecular weight is 475 g/mol. The van der Waals surface area contributed by atoms with Gasteiger partial charge >= 0.3 is 0 Å². The summed E-state index contributed by atoms with van der Waals surface area (Å²) in [5, 5.41) is 6.93. The highest BCUT2D eigenvalue weighted by molar-refractivity contribution is 7.14. The van der Waals surface area contributed by atoms with Crippen LogP contribution in [-0.2, 0) is 11.3 Å². The molecule has 1 fully saturated rings. The standard InChI is InChI=1S/C23H24Cl2N4OS/c1-16-5-7-17(8-6-16)21-15-31-23(26-21)27-22(30)14-29-11-9-28(10-12-29)13-18-19(24)3-2-4-20(18)25/h2-8,15H,9-14H2,1H3,(H,26,27,30). The van der Waals surface area contributed by atoms with Crippen LogP contribution in [0.5, 0.6) is 0 Å². The molecule has 1 N–H and O–H groups in total. The normalized spacial score (nSPS) is 15.2. The van der Waals surface area contributed by atoms with E-state index in [-0.39, 0.29) is 5.91 Å². The summed E-state index contributed by atoms with van der Waals surface area (Å²) in [4.78, 5) is 21.5. The Balaban J connectivity index is 1.25. The fourth-order valence-corrected chi connectivity index (χ4v) is 4.82. The molecule has 3 aromatic rings. The summed E-state index contributed by atoms with van der Waals surface area (Å²) < 4.78 is 0. The Labute approximate surface area is 196 Å². The summed E-state index contributed by atoms with van der Waals surface area (Å²) >= 11 is 14.0. The number of amides is 1. The molecule has 4 rings (SSSR count). The number of carbonyl (C=O) groups excluding carboxylic acids is 1. The molecule has 0 aliphatic carbocycles. The molecule has 8 heteroatoms. The highest BCUT2D eigenvalue weighted by Gasteiger charge is 2.21. The number of anilines is 1. The van der Waals surface area contributed by atoms with Gasteiger partial charge in [-0.1, -0.05) is 59.1 Å². The van der Waals surface area contributed by atoms with Crippen LogP contribution in [0.4, 0.5) is 5.13 Å². The van der Waals surface area contributed by atoms with Gasteiger partial charge in [0.1, 0.15) is 0 Å². The van der Waals surface area contributed by atoms with Crippen molar-refractivity contribution in [1.29, 1.82) is 0 Å². The van der Waals surface area contributed by atoms with Crippen LogP contribution < -0.4 is 5.32 Å². The fraction of sp³-hybridized carbons (Fsp3) is 0.304. The van der Waals surface area contributed by atoms with Crippen LogP contribution in [0.15, 0.2) is 47.8 Å². The predicted molar refractivity (Wildman–Crippen MR) is 129 cm³/mol. The summed E-state index contributed by atoms with van der Waals surface area (Å²) in [5.74, 6) is -0.0348. The van der Waals surface area contributed by atoms with Gasteiger partial charge in [0.25, 0.3) is 0 Å². The third-order valence-electron chi connectivity index (χ3n) is 5.37. The third-order valence-corrected chi connectivity index (χ3v) is 6.84. The molecule has 2 heterocycles. The first kappa shape index (κ1) is 22.2. The van der Waals surface area contributed by atoms with Crippen molar-refractivity contribution in [2.45, 2.75) is 13.5 Å². The maximum Gasteiger partial charge on any atom is 0.240 e. The van der Waals surface area contributed by atoms with Crippen molar-refractivity contribution in [3.63, 3.8) is 0 Å². The Morgan fingerprint density at radius 1 is 1.03 bits per heavy atom. The smallest absolute Gasteiger partial charge is 0.240 e. The zero-order valence-electron chi connectivity index (χ0n) is 17.3. The molecule has 0 radical (unpaired) electrons. The minimum atomic E-state index is -0.0348. The van der Waals surface area contributed by atoms with Crippen LogP contribution >= 0.6 is 34.5 Å². The molecule has 1 saturated heterocycles. The second-order valence-electron chi connectivity index (χ2n) is 7.70. The molecule has 0 unspecified atom stereocenters. The van der Waals surface area contributed by atoms with Crippen molar-refractivity contribution in [3.8, 4) is 11.3 Å². The van der Waals surface area contributed by atoms with Crippen molar-refractivity contribution in [3.05, 3.63) is 69.0 Å². The number of piperazine rings is 1. The molecule has 1 aliphatic heterocycles. The van der Waals surface area contributed by atoms with Crippen LogP contribution in [0.2, 0.25) is 10.0 Å². The zero-order valence-corrected chi connectivity index (χ0v) is 19.6. The van der Waals surface area contributed by atoms with Crippen LogP contribution in [-0.4, -0.2) is 53.4 Å². The van der Waals surface area contributed by atoms with E-state index in [1.54, 1.807) is 0 Å². The van der Waals surface area contributed by atoms with E-state index in [9.17, 15) is 4.79 Å². The number of nitrogens with zero attached hydrogens (tertiary/aromatic N) is 3. The van der Waals surface area contributed by atoms with Crippen LogP contribution in [0.25, 0.3) is 11.3 Å². The Morgan fingerprint density at radius 2 is 1.68 bits per heavy atom. The van der Waals surface area contributed by atoms with Gasteiger partial charge in [-0.25, -0.2) is 4.98 Å². The lowest BCUT2D eigenvalue weighted by Gasteiger charge is -2.34. The maximum atomic E-state index is 12.5. The molecule has 0 spiro atoms. The molecule has 1 aromatic heterocycles. The summed E-state index contributed by atoms with van der Waals surface area (Å²) in [6.07, 6.45) is 0. The van der Waals surface area contributed by atoms with Gasteiger partial charge in [-0.3, -0.25) is 14.6 Å². The van der Waals surface area contributed by atoms with Crippen LogP contribution in [0, 0.1) is 6.92 Å². The van der Waals surface area contributed by atoms with Gasteiger partial charge in [-0.05, 0) is 19.1 Å². The van der Waals surface area contributed by atoms with E-state index in [1.807, 2.05) is 35.7 Å².